The lowest BCUT2D eigenvalue weighted by atomic mass is 9.75. The molecule has 1 aliphatic carbocycles. The van der Waals surface area contributed by atoms with Crippen LogP contribution in [0.5, 0.6) is 11.5 Å². The summed E-state index contributed by atoms with van der Waals surface area (Å²) in [6.45, 7) is 3.66. The molecule has 0 saturated carbocycles. The fourth-order valence-electron chi connectivity index (χ4n) is 4.35. The first-order valence-corrected chi connectivity index (χ1v) is 9.48. The molecule has 0 amide bonds. The summed E-state index contributed by atoms with van der Waals surface area (Å²) in [7, 11) is 0. The average Bonchev–Trinajstić information content (AvgIpc) is 3.19. The van der Waals surface area contributed by atoms with Gasteiger partial charge in [0.2, 0.25) is 6.79 Å². The summed E-state index contributed by atoms with van der Waals surface area (Å²) in [5.74, 6) is 2.32. The maximum absolute atomic E-state index is 5.64. The number of rotatable bonds is 2. The van der Waals surface area contributed by atoms with Crippen molar-refractivity contribution in [2.75, 3.05) is 6.79 Å². The van der Waals surface area contributed by atoms with Crippen LogP contribution in [0, 0.1) is 0 Å². The van der Waals surface area contributed by atoms with Crippen molar-refractivity contribution in [3.05, 3.63) is 44.6 Å². The van der Waals surface area contributed by atoms with Gasteiger partial charge in [0.25, 0.3) is 0 Å². The molecule has 0 unspecified atom stereocenters. The minimum Gasteiger partial charge on any atom is -0.454 e. The Kier molecular flexibility index (Phi) is 3.17. The van der Waals surface area contributed by atoms with Crippen molar-refractivity contribution in [3.8, 4) is 11.5 Å². The maximum Gasteiger partial charge on any atom is 0.231 e. The number of nitrogens with one attached hydrogen (secondary N) is 1. The van der Waals surface area contributed by atoms with Crippen LogP contribution in [-0.2, 0) is 19.4 Å². The largest absolute Gasteiger partial charge is 0.454 e. The van der Waals surface area contributed by atoms with E-state index in [0.717, 1.165) is 24.5 Å². The highest BCUT2D eigenvalue weighted by Gasteiger charge is 2.38. The number of hydrogen-bond donors (Lipinski definition) is 1. The molecular formula is C19H21NO2S. The van der Waals surface area contributed by atoms with Gasteiger partial charge in [-0.15, -0.1) is 11.3 Å². The Bertz CT molecular complexity index is 767. The van der Waals surface area contributed by atoms with E-state index in [1.807, 2.05) is 11.3 Å². The average molecular weight is 327 g/mol. The zero-order chi connectivity index (χ0) is 15.4. The summed E-state index contributed by atoms with van der Waals surface area (Å²) in [5.41, 5.74) is 5.99. The van der Waals surface area contributed by atoms with E-state index in [1.165, 1.54) is 30.4 Å². The van der Waals surface area contributed by atoms with Gasteiger partial charge in [0.15, 0.2) is 11.5 Å². The molecule has 0 saturated heterocycles. The first-order chi connectivity index (χ1) is 11.3. The normalized spacial score (nSPS) is 24.0. The third kappa shape index (κ3) is 2.05. The number of hydrogen-bond acceptors (Lipinski definition) is 4. The van der Waals surface area contributed by atoms with Gasteiger partial charge in [-0.05, 0) is 59.0 Å². The summed E-state index contributed by atoms with van der Waals surface area (Å²) < 4.78 is 11.2. The molecular weight excluding hydrogens is 306 g/mol. The molecule has 3 heterocycles. The molecule has 3 nitrogen and oxygen atoms in total. The monoisotopic (exact) mass is 327 g/mol. The lowest BCUT2D eigenvalue weighted by Crippen LogP contribution is -2.42. The van der Waals surface area contributed by atoms with E-state index >= 15 is 0 Å². The number of ether oxygens (including phenoxy) is 2. The topological polar surface area (TPSA) is 30.5 Å². The Morgan fingerprint density at radius 3 is 3.00 bits per heavy atom. The van der Waals surface area contributed by atoms with E-state index < -0.39 is 0 Å². The Balaban J connectivity index is 1.64. The van der Waals surface area contributed by atoms with E-state index in [9.17, 15) is 0 Å². The summed E-state index contributed by atoms with van der Waals surface area (Å²) in [5, 5.41) is 6.19. The second kappa shape index (κ2) is 5.25. The van der Waals surface area contributed by atoms with Gasteiger partial charge in [-0.1, -0.05) is 13.3 Å². The van der Waals surface area contributed by atoms with Gasteiger partial charge in [0.05, 0.1) is 0 Å². The van der Waals surface area contributed by atoms with Crippen molar-refractivity contribution in [1.82, 2.24) is 5.32 Å². The van der Waals surface area contributed by atoms with Crippen molar-refractivity contribution in [1.29, 1.82) is 0 Å². The molecule has 0 spiro atoms. The molecule has 1 aromatic carbocycles. The van der Waals surface area contributed by atoms with Crippen LogP contribution in [0.15, 0.2) is 17.5 Å². The number of thiophene rings is 1. The minimum absolute atomic E-state index is 0.357. The molecule has 23 heavy (non-hydrogen) atoms. The van der Waals surface area contributed by atoms with Crippen LogP contribution in [0.2, 0.25) is 0 Å². The summed E-state index contributed by atoms with van der Waals surface area (Å²) in [6, 6.07) is 5.01. The quantitative estimate of drug-likeness (QED) is 0.905. The Morgan fingerprint density at radius 2 is 2.13 bits per heavy atom. The Morgan fingerprint density at radius 1 is 1.26 bits per heavy atom. The lowest BCUT2D eigenvalue weighted by Gasteiger charge is -2.38. The number of benzene rings is 1. The van der Waals surface area contributed by atoms with Crippen molar-refractivity contribution in [2.24, 2.45) is 0 Å². The summed E-state index contributed by atoms with van der Waals surface area (Å²) in [4.78, 5) is 1.58. The van der Waals surface area contributed by atoms with Crippen LogP contribution in [0.4, 0.5) is 0 Å². The van der Waals surface area contributed by atoms with Gasteiger partial charge in [0.1, 0.15) is 0 Å². The van der Waals surface area contributed by atoms with Gasteiger partial charge >= 0.3 is 0 Å². The molecule has 1 N–H and O–H groups in total. The zero-order valence-electron chi connectivity index (χ0n) is 13.4. The van der Waals surface area contributed by atoms with E-state index in [2.05, 4.69) is 29.8 Å². The predicted octanol–water partition coefficient (Wildman–Crippen LogP) is 3.98. The summed E-state index contributed by atoms with van der Waals surface area (Å²) >= 11 is 1.96. The fraction of sp³-hybridized carbons (Fsp3) is 0.474. The van der Waals surface area contributed by atoms with Crippen LogP contribution in [0.25, 0.3) is 0 Å². The number of fused-ring (bicyclic) bond motifs is 6. The second-order valence-electron chi connectivity index (χ2n) is 6.76. The standard InChI is InChI=1S/C19H21NO2S/c1-2-3-12-9-23-19-14(12)8-20-15-5-4-11-6-16-17(22-10-21-16)7-13(11)18(15)19/h6-7,9,15,18,20H,2-5,8,10H2,1H3/t15-,18-/m0/s1. The van der Waals surface area contributed by atoms with Crippen molar-refractivity contribution < 1.29 is 9.47 Å². The molecule has 2 aromatic rings. The molecule has 2 atom stereocenters. The highest BCUT2D eigenvalue weighted by molar-refractivity contribution is 7.10. The molecule has 0 radical (unpaired) electrons. The van der Waals surface area contributed by atoms with Crippen molar-refractivity contribution >= 4 is 11.3 Å². The van der Waals surface area contributed by atoms with Gasteiger partial charge in [0, 0.05) is 23.4 Å². The first kappa shape index (κ1) is 13.9. The number of aryl methyl sites for hydroxylation is 2. The van der Waals surface area contributed by atoms with Gasteiger partial charge in [-0.25, -0.2) is 0 Å². The van der Waals surface area contributed by atoms with Gasteiger partial charge in [-0.2, -0.15) is 0 Å². The molecule has 3 aliphatic rings. The highest BCUT2D eigenvalue weighted by atomic mass is 32.1. The van der Waals surface area contributed by atoms with E-state index in [1.54, 1.807) is 16.0 Å². The third-order valence-electron chi connectivity index (χ3n) is 5.45. The maximum atomic E-state index is 5.64. The van der Waals surface area contributed by atoms with Crippen molar-refractivity contribution in [3.63, 3.8) is 0 Å². The van der Waals surface area contributed by atoms with E-state index in [4.69, 9.17) is 9.47 Å². The predicted molar refractivity (Wildman–Crippen MR) is 91.7 cm³/mol. The molecule has 120 valence electrons. The third-order valence-corrected chi connectivity index (χ3v) is 6.61. The Labute approximate surface area is 140 Å². The molecule has 0 bridgehead atoms. The minimum atomic E-state index is 0.357. The second-order valence-corrected chi connectivity index (χ2v) is 7.67. The van der Waals surface area contributed by atoms with Gasteiger partial charge < -0.3 is 14.8 Å². The van der Waals surface area contributed by atoms with Crippen LogP contribution in [0.3, 0.4) is 0 Å². The first-order valence-electron chi connectivity index (χ1n) is 8.60. The molecule has 0 fully saturated rings. The molecule has 1 aromatic heterocycles. The van der Waals surface area contributed by atoms with Crippen LogP contribution >= 0.6 is 11.3 Å². The zero-order valence-corrected chi connectivity index (χ0v) is 14.2. The molecule has 2 aliphatic heterocycles. The van der Waals surface area contributed by atoms with Gasteiger partial charge in [-0.3, -0.25) is 0 Å². The Hall–Kier alpha value is -1.52. The van der Waals surface area contributed by atoms with E-state index in [-0.39, 0.29) is 0 Å². The van der Waals surface area contributed by atoms with E-state index in [0.29, 0.717) is 18.8 Å². The van der Waals surface area contributed by atoms with Crippen molar-refractivity contribution in [2.45, 2.75) is 51.1 Å². The fourth-order valence-corrected chi connectivity index (χ4v) is 5.67. The molecule has 5 rings (SSSR count). The van der Waals surface area contributed by atoms with Crippen LogP contribution in [0.1, 0.15) is 52.8 Å². The smallest absolute Gasteiger partial charge is 0.231 e. The SMILES string of the molecule is CCCc1csc2c1CN[C@H]1CCc3cc4c(cc3[C@H]21)OCO4. The van der Waals surface area contributed by atoms with Crippen LogP contribution < -0.4 is 14.8 Å². The summed E-state index contributed by atoms with van der Waals surface area (Å²) in [6.07, 6.45) is 4.74. The highest BCUT2D eigenvalue weighted by Crippen LogP contribution is 2.48. The molecule has 4 heteroatoms. The lowest BCUT2D eigenvalue weighted by molar-refractivity contribution is 0.174. The van der Waals surface area contributed by atoms with Crippen LogP contribution in [-0.4, -0.2) is 12.8 Å².